The van der Waals surface area contributed by atoms with Gasteiger partial charge in [0.1, 0.15) is 30.0 Å². The van der Waals surface area contributed by atoms with Gasteiger partial charge < -0.3 is 24.8 Å². The van der Waals surface area contributed by atoms with Crippen molar-refractivity contribution >= 4 is 80.1 Å². The number of piperidine rings is 2. The molecular formula is C48H57BrFN10O4P. The van der Waals surface area contributed by atoms with Crippen LogP contribution in [0, 0.1) is 5.82 Å². The molecule has 1 saturated carbocycles. The second-order valence-electron chi connectivity index (χ2n) is 18.2. The van der Waals surface area contributed by atoms with E-state index in [0.717, 1.165) is 89.0 Å². The van der Waals surface area contributed by atoms with E-state index in [0.29, 0.717) is 74.0 Å². The summed E-state index contributed by atoms with van der Waals surface area (Å²) >= 11 is 3.60. The Bertz CT molecular complexity index is 2650. The largest absolute Gasteiger partial charge is 0.494 e. The maximum absolute atomic E-state index is 15.3. The number of halogens is 2. The second-order valence-corrected chi connectivity index (χ2v) is 22.2. The lowest BCUT2D eigenvalue weighted by atomic mass is 9.88. The SMILES string of the molecule is CCc1cc(Nc2ncc(Br)c(Nc3ccc4nccnc4c3P(C)(C)=O)n2)c(OC)cc1N1CCC(N2CCN(C3CCC(c4ccc(C5CCC(=O)NC5=O)c(F)c4)C3)CC2)CC1. The molecule has 65 heavy (non-hydrogen) atoms. The number of carbonyl (C=O) groups excluding carboxylic acids is 2. The van der Waals surface area contributed by atoms with Crippen molar-refractivity contribution in [2.45, 2.75) is 82.2 Å². The average Bonchev–Trinajstić information content (AvgIpc) is 3.80. The molecule has 2 amide bonds. The van der Waals surface area contributed by atoms with Crippen molar-refractivity contribution < 1.29 is 23.3 Å². The van der Waals surface area contributed by atoms with E-state index in [1.54, 1.807) is 51.2 Å². The van der Waals surface area contributed by atoms with Crippen molar-refractivity contribution in [3.05, 3.63) is 88.0 Å². The minimum absolute atomic E-state index is 0.239. The topological polar surface area (TPSA) is 158 Å². The number of nitrogens with one attached hydrogen (secondary N) is 3. The molecule has 0 spiro atoms. The zero-order chi connectivity index (χ0) is 45.4. The predicted octanol–water partition coefficient (Wildman–Crippen LogP) is 8.07. The first-order chi connectivity index (χ1) is 31.4. The number of benzene rings is 3. The van der Waals surface area contributed by atoms with E-state index in [1.165, 1.54) is 11.3 Å². The van der Waals surface area contributed by atoms with Gasteiger partial charge in [-0.2, -0.15) is 4.98 Å². The lowest BCUT2D eigenvalue weighted by molar-refractivity contribution is -0.134. The molecule has 5 heterocycles. The fourth-order valence-electron chi connectivity index (χ4n) is 10.5. The van der Waals surface area contributed by atoms with E-state index >= 15 is 4.39 Å². The summed E-state index contributed by atoms with van der Waals surface area (Å²) in [5.74, 6) is 0.256. The number of methoxy groups -OCH3 is 1. The number of hydrogen-bond acceptors (Lipinski definition) is 13. The van der Waals surface area contributed by atoms with Gasteiger partial charge in [0, 0.05) is 93.7 Å². The van der Waals surface area contributed by atoms with Gasteiger partial charge in [-0.25, -0.2) is 9.37 Å². The molecule has 342 valence electrons. The van der Waals surface area contributed by atoms with Gasteiger partial charge >= 0.3 is 0 Å². The van der Waals surface area contributed by atoms with Gasteiger partial charge in [0.15, 0.2) is 0 Å². The molecule has 0 radical (unpaired) electrons. The van der Waals surface area contributed by atoms with Crippen molar-refractivity contribution in [3.8, 4) is 5.75 Å². The van der Waals surface area contributed by atoms with Crippen LogP contribution in [0.1, 0.15) is 80.4 Å². The predicted molar refractivity (Wildman–Crippen MR) is 258 cm³/mol. The van der Waals surface area contributed by atoms with Crippen LogP contribution in [-0.2, 0) is 20.6 Å². The number of fused-ring (bicyclic) bond motifs is 1. The summed E-state index contributed by atoms with van der Waals surface area (Å²) in [5.41, 5.74) is 6.49. The van der Waals surface area contributed by atoms with Crippen LogP contribution in [0.3, 0.4) is 0 Å². The highest BCUT2D eigenvalue weighted by molar-refractivity contribution is 9.10. The van der Waals surface area contributed by atoms with Crippen LogP contribution in [0.4, 0.5) is 33.2 Å². The Kier molecular flexibility index (Phi) is 13.2. The third-order valence-electron chi connectivity index (χ3n) is 13.9. The molecule has 3 saturated heterocycles. The number of piperazine rings is 1. The molecule has 3 N–H and O–H groups in total. The first-order valence-electron chi connectivity index (χ1n) is 22.8. The van der Waals surface area contributed by atoms with Crippen molar-refractivity contribution in [1.29, 1.82) is 0 Å². The van der Waals surface area contributed by atoms with Gasteiger partial charge in [-0.15, -0.1) is 0 Å². The third-order valence-corrected chi connectivity index (χ3v) is 16.0. The van der Waals surface area contributed by atoms with Crippen molar-refractivity contribution in [2.24, 2.45) is 0 Å². The molecule has 3 atom stereocenters. The Balaban J connectivity index is 0.798. The number of nitrogens with zero attached hydrogens (tertiary/aromatic N) is 7. The summed E-state index contributed by atoms with van der Waals surface area (Å²) in [5, 5.41) is 9.76. The van der Waals surface area contributed by atoms with E-state index in [1.807, 2.05) is 18.2 Å². The van der Waals surface area contributed by atoms with E-state index in [2.05, 4.69) is 80.6 Å². The smallest absolute Gasteiger partial charge is 0.234 e. The normalized spacial score (nSPS) is 21.4. The Hall–Kier alpha value is -5.02. The lowest BCUT2D eigenvalue weighted by Crippen LogP contribution is -2.55. The Morgan fingerprint density at radius 3 is 2.34 bits per heavy atom. The molecule has 3 unspecified atom stereocenters. The summed E-state index contributed by atoms with van der Waals surface area (Å²) in [7, 11) is -1.09. The van der Waals surface area contributed by atoms with Crippen LogP contribution in [-0.4, -0.2) is 113 Å². The second kappa shape index (κ2) is 19.1. The maximum atomic E-state index is 15.3. The molecule has 3 aliphatic heterocycles. The molecule has 4 fully saturated rings. The van der Waals surface area contributed by atoms with Gasteiger partial charge in [0.05, 0.1) is 39.7 Å². The number of imide groups is 1. The highest BCUT2D eigenvalue weighted by Gasteiger charge is 2.36. The monoisotopic (exact) mass is 966 g/mol. The quantitative estimate of drug-likeness (QED) is 0.0816. The number of ether oxygens (including phenoxy) is 1. The van der Waals surface area contributed by atoms with Gasteiger partial charge in [0.25, 0.3) is 0 Å². The number of rotatable bonds is 12. The number of amides is 2. The number of anilines is 5. The molecule has 14 nitrogen and oxygen atoms in total. The molecule has 5 aromatic rings. The fourth-order valence-corrected chi connectivity index (χ4v) is 12.2. The number of aryl methyl sites for hydroxylation is 1. The fraction of sp³-hybridized carbons (Fsp3) is 0.458. The molecule has 9 rings (SSSR count). The first-order valence-corrected chi connectivity index (χ1v) is 26.2. The molecule has 1 aliphatic carbocycles. The summed E-state index contributed by atoms with van der Waals surface area (Å²) in [6.45, 7) is 11.8. The standard InChI is InChI=1S/C48H57BrFN10O4P/c1-5-29-26-40(55-48-53-28-36(49)46(57-48)54-39-12-11-38-44(52-17-16-51-38)45(39)65(3,4)63)42(64-2)27-41(29)60-18-14-32(15-19-60)58-20-22-59(23-21-58)33-8-6-30(24-33)31-7-9-34(37(50)25-31)35-10-13-43(61)56-47(35)62/h7,9,11-12,16-17,25-28,30,32-33,35H,5-6,8,10,13-15,18-24H2,1-4H3,(H,56,61,62)(H2,53,54,55,57). The Labute approximate surface area is 388 Å². The van der Waals surface area contributed by atoms with Crippen LogP contribution in [0.25, 0.3) is 11.0 Å². The minimum atomic E-state index is -2.78. The highest BCUT2D eigenvalue weighted by atomic mass is 79.9. The zero-order valence-corrected chi connectivity index (χ0v) is 39.9. The minimum Gasteiger partial charge on any atom is -0.494 e. The highest BCUT2D eigenvalue weighted by Crippen LogP contribution is 2.43. The van der Waals surface area contributed by atoms with Crippen molar-refractivity contribution in [3.63, 3.8) is 0 Å². The first kappa shape index (κ1) is 45.1. The van der Waals surface area contributed by atoms with Crippen LogP contribution in [0.2, 0.25) is 0 Å². The number of carbonyl (C=O) groups is 2. The maximum Gasteiger partial charge on any atom is 0.234 e. The molecule has 3 aromatic carbocycles. The van der Waals surface area contributed by atoms with E-state index < -0.39 is 19.0 Å². The van der Waals surface area contributed by atoms with Crippen LogP contribution in [0.15, 0.2) is 65.5 Å². The van der Waals surface area contributed by atoms with Gasteiger partial charge in [-0.1, -0.05) is 19.1 Å². The summed E-state index contributed by atoms with van der Waals surface area (Å²) < 4.78 is 35.5. The molecule has 2 aromatic heterocycles. The molecular weight excluding hydrogens is 910 g/mol. The Morgan fingerprint density at radius 1 is 0.877 bits per heavy atom. The van der Waals surface area contributed by atoms with Crippen molar-refractivity contribution in [1.82, 2.24) is 35.1 Å². The molecule has 17 heteroatoms. The van der Waals surface area contributed by atoms with Crippen LogP contribution in [0.5, 0.6) is 5.75 Å². The van der Waals surface area contributed by atoms with E-state index in [-0.39, 0.29) is 18.1 Å². The van der Waals surface area contributed by atoms with Crippen molar-refractivity contribution in [2.75, 3.05) is 75.2 Å². The van der Waals surface area contributed by atoms with E-state index in [9.17, 15) is 14.2 Å². The van der Waals surface area contributed by atoms with Gasteiger partial charge in [-0.05, 0) is 116 Å². The van der Waals surface area contributed by atoms with E-state index in [4.69, 9.17) is 9.72 Å². The van der Waals surface area contributed by atoms with Crippen LogP contribution >= 0.6 is 23.1 Å². The lowest BCUT2D eigenvalue weighted by Gasteiger charge is -2.45. The summed E-state index contributed by atoms with van der Waals surface area (Å²) in [6, 6.07) is 14.4. The van der Waals surface area contributed by atoms with Gasteiger partial charge in [0.2, 0.25) is 17.8 Å². The molecule has 4 aliphatic rings. The number of hydrogen-bond donors (Lipinski definition) is 3. The summed E-state index contributed by atoms with van der Waals surface area (Å²) in [4.78, 5) is 50.1. The average molecular weight is 968 g/mol. The zero-order valence-electron chi connectivity index (χ0n) is 37.4. The third kappa shape index (κ3) is 9.63. The molecule has 0 bridgehead atoms. The summed E-state index contributed by atoms with van der Waals surface area (Å²) in [6.07, 6.45) is 11.7. The van der Waals surface area contributed by atoms with Gasteiger partial charge in [-0.3, -0.25) is 34.7 Å². The number of aromatic nitrogens is 4. The Morgan fingerprint density at radius 2 is 1.63 bits per heavy atom. The van der Waals surface area contributed by atoms with Crippen LogP contribution < -0.4 is 30.9 Å².